The highest BCUT2D eigenvalue weighted by atomic mass is 32.2. The number of aliphatic carboxylic acids is 1. The molecule has 0 spiro atoms. The normalized spacial score (nSPS) is 11.6. The molecule has 20 heavy (non-hydrogen) atoms. The molecule has 108 valence electrons. The van der Waals surface area contributed by atoms with Crippen LogP contribution in [0.3, 0.4) is 0 Å². The molecule has 0 saturated carbocycles. The SMILES string of the molecule is O=C(O)Cc1ccc(S(=O)(=O)NCCn2cccc2)s1. The van der Waals surface area contributed by atoms with Gasteiger partial charge in [-0.3, -0.25) is 4.79 Å². The molecule has 0 bridgehead atoms. The van der Waals surface area contributed by atoms with Crippen LogP contribution >= 0.6 is 11.3 Å². The van der Waals surface area contributed by atoms with E-state index in [1.165, 1.54) is 12.1 Å². The fraction of sp³-hybridized carbons (Fsp3) is 0.250. The van der Waals surface area contributed by atoms with E-state index in [9.17, 15) is 13.2 Å². The van der Waals surface area contributed by atoms with Gasteiger partial charge in [0.25, 0.3) is 0 Å². The average molecular weight is 314 g/mol. The Bertz CT molecular complexity index is 674. The smallest absolute Gasteiger partial charge is 0.308 e. The molecule has 0 atom stereocenters. The average Bonchev–Trinajstić information content (AvgIpc) is 2.99. The van der Waals surface area contributed by atoms with Gasteiger partial charge in [-0.05, 0) is 24.3 Å². The van der Waals surface area contributed by atoms with E-state index in [1.54, 1.807) is 0 Å². The van der Waals surface area contributed by atoms with Crippen molar-refractivity contribution < 1.29 is 18.3 Å². The van der Waals surface area contributed by atoms with E-state index in [2.05, 4.69) is 4.72 Å². The molecule has 0 aliphatic heterocycles. The largest absolute Gasteiger partial charge is 0.481 e. The lowest BCUT2D eigenvalue weighted by atomic mass is 10.3. The van der Waals surface area contributed by atoms with E-state index in [4.69, 9.17) is 5.11 Å². The second kappa shape index (κ2) is 6.21. The van der Waals surface area contributed by atoms with Gasteiger partial charge in [-0.15, -0.1) is 11.3 Å². The first-order valence-electron chi connectivity index (χ1n) is 5.88. The van der Waals surface area contributed by atoms with Crippen LogP contribution in [0, 0.1) is 0 Å². The predicted molar refractivity (Wildman–Crippen MR) is 75.3 cm³/mol. The summed E-state index contributed by atoms with van der Waals surface area (Å²) >= 11 is 0.978. The number of nitrogens with one attached hydrogen (secondary N) is 1. The Morgan fingerprint density at radius 2 is 2.00 bits per heavy atom. The summed E-state index contributed by atoms with van der Waals surface area (Å²) in [5.41, 5.74) is 0. The van der Waals surface area contributed by atoms with Crippen molar-refractivity contribution in [3.05, 3.63) is 41.5 Å². The van der Waals surface area contributed by atoms with Crippen LogP contribution in [-0.2, 0) is 27.8 Å². The quantitative estimate of drug-likeness (QED) is 0.802. The number of carboxylic acid groups (broad SMARTS) is 1. The molecule has 0 aliphatic carbocycles. The van der Waals surface area contributed by atoms with Gasteiger partial charge >= 0.3 is 5.97 Å². The van der Waals surface area contributed by atoms with Crippen molar-refractivity contribution in [2.24, 2.45) is 0 Å². The number of nitrogens with zero attached hydrogens (tertiary/aromatic N) is 1. The first-order valence-corrected chi connectivity index (χ1v) is 8.18. The fourth-order valence-electron chi connectivity index (χ4n) is 1.65. The van der Waals surface area contributed by atoms with Gasteiger partial charge < -0.3 is 9.67 Å². The first-order chi connectivity index (χ1) is 9.47. The molecule has 2 aromatic rings. The molecular formula is C12H14N2O4S2. The summed E-state index contributed by atoms with van der Waals surface area (Å²) in [5.74, 6) is -0.976. The topological polar surface area (TPSA) is 88.4 Å². The van der Waals surface area contributed by atoms with Crippen molar-refractivity contribution >= 4 is 27.3 Å². The summed E-state index contributed by atoms with van der Waals surface area (Å²) < 4.78 is 28.5. The molecule has 0 unspecified atom stereocenters. The molecule has 0 aromatic carbocycles. The minimum atomic E-state index is -3.57. The Balaban J connectivity index is 1.95. The summed E-state index contributed by atoms with van der Waals surface area (Å²) in [6, 6.07) is 6.69. The molecule has 2 heterocycles. The van der Waals surface area contributed by atoms with Gasteiger partial charge in [-0.1, -0.05) is 0 Å². The van der Waals surface area contributed by atoms with Crippen LogP contribution in [0.25, 0.3) is 0 Å². The monoisotopic (exact) mass is 314 g/mol. The van der Waals surface area contributed by atoms with E-state index in [-0.39, 0.29) is 17.2 Å². The van der Waals surface area contributed by atoms with Gasteiger partial charge in [0.05, 0.1) is 6.42 Å². The summed E-state index contributed by atoms with van der Waals surface area (Å²) in [6.07, 6.45) is 3.54. The predicted octanol–water partition coefficient (Wildman–Crippen LogP) is 1.16. The third-order valence-corrected chi connectivity index (χ3v) is 5.59. The lowest BCUT2D eigenvalue weighted by molar-refractivity contribution is -0.136. The van der Waals surface area contributed by atoms with E-state index in [0.29, 0.717) is 11.4 Å². The number of carboxylic acids is 1. The zero-order valence-electron chi connectivity index (χ0n) is 10.5. The summed E-state index contributed by atoms with van der Waals surface area (Å²) in [6.45, 7) is 0.822. The highest BCUT2D eigenvalue weighted by Gasteiger charge is 2.17. The minimum absolute atomic E-state index is 0.140. The second-order valence-corrected chi connectivity index (χ2v) is 7.27. The lowest BCUT2D eigenvalue weighted by Gasteiger charge is -2.05. The fourth-order valence-corrected chi connectivity index (χ4v) is 4.06. The molecule has 2 N–H and O–H groups in total. The van der Waals surface area contributed by atoms with Crippen LogP contribution in [0.15, 0.2) is 40.9 Å². The van der Waals surface area contributed by atoms with Crippen LogP contribution < -0.4 is 4.72 Å². The molecular weight excluding hydrogens is 300 g/mol. The Morgan fingerprint density at radius 3 is 2.65 bits per heavy atom. The first kappa shape index (κ1) is 14.8. The third kappa shape index (κ3) is 3.92. The van der Waals surface area contributed by atoms with Gasteiger partial charge in [0.2, 0.25) is 10.0 Å². The van der Waals surface area contributed by atoms with Crippen molar-refractivity contribution in [2.45, 2.75) is 17.2 Å². The molecule has 0 fully saturated rings. The molecule has 6 nitrogen and oxygen atoms in total. The molecule has 2 rings (SSSR count). The summed E-state index contributed by atoms with van der Waals surface area (Å²) in [7, 11) is -3.57. The van der Waals surface area contributed by atoms with Gasteiger partial charge in [-0.25, -0.2) is 13.1 Å². The summed E-state index contributed by atoms with van der Waals surface area (Å²) in [5, 5.41) is 8.66. The lowest BCUT2D eigenvalue weighted by Crippen LogP contribution is -2.26. The number of carbonyl (C=O) groups is 1. The van der Waals surface area contributed by atoms with E-state index < -0.39 is 16.0 Å². The van der Waals surface area contributed by atoms with Gasteiger partial charge in [0.1, 0.15) is 4.21 Å². The highest BCUT2D eigenvalue weighted by molar-refractivity contribution is 7.91. The number of aromatic nitrogens is 1. The number of hydrogen-bond donors (Lipinski definition) is 2. The maximum atomic E-state index is 12.0. The Hall–Kier alpha value is -1.64. The van der Waals surface area contributed by atoms with Crippen LogP contribution in [0.1, 0.15) is 4.88 Å². The van der Waals surface area contributed by atoms with Crippen molar-refractivity contribution in [3.8, 4) is 0 Å². The Labute approximate surface area is 120 Å². The maximum absolute atomic E-state index is 12.0. The molecule has 8 heteroatoms. The maximum Gasteiger partial charge on any atom is 0.308 e. The highest BCUT2D eigenvalue weighted by Crippen LogP contribution is 2.21. The third-order valence-electron chi connectivity index (χ3n) is 2.56. The zero-order chi connectivity index (χ0) is 14.6. The zero-order valence-corrected chi connectivity index (χ0v) is 12.2. The van der Waals surface area contributed by atoms with Crippen LogP contribution in [0.2, 0.25) is 0 Å². The Morgan fingerprint density at radius 1 is 1.30 bits per heavy atom. The molecule has 0 amide bonds. The molecule has 2 aromatic heterocycles. The van der Waals surface area contributed by atoms with Crippen LogP contribution in [0.5, 0.6) is 0 Å². The van der Waals surface area contributed by atoms with Gasteiger partial charge in [0.15, 0.2) is 0 Å². The van der Waals surface area contributed by atoms with Crippen molar-refractivity contribution in [3.63, 3.8) is 0 Å². The van der Waals surface area contributed by atoms with Gasteiger partial charge in [-0.2, -0.15) is 0 Å². The van der Waals surface area contributed by atoms with Crippen LogP contribution in [0.4, 0.5) is 0 Å². The second-order valence-electron chi connectivity index (χ2n) is 4.11. The van der Waals surface area contributed by atoms with Crippen molar-refractivity contribution in [1.82, 2.24) is 9.29 Å². The standard InChI is InChI=1S/C12H14N2O4S2/c15-11(16)9-10-3-4-12(19-10)20(17,18)13-5-8-14-6-1-2-7-14/h1-4,6-7,13H,5,8-9H2,(H,15,16). The van der Waals surface area contributed by atoms with E-state index >= 15 is 0 Å². The minimum Gasteiger partial charge on any atom is -0.481 e. The number of hydrogen-bond acceptors (Lipinski definition) is 4. The van der Waals surface area contributed by atoms with E-state index in [0.717, 1.165) is 11.3 Å². The van der Waals surface area contributed by atoms with Crippen LogP contribution in [-0.4, -0.2) is 30.6 Å². The molecule has 0 radical (unpaired) electrons. The summed E-state index contributed by atoms with van der Waals surface area (Å²) in [4.78, 5) is 11.1. The molecule has 0 aliphatic rings. The van der Waals surface area contributed by atoms with Gasteiger partial charge in [0, 0.05) is 30.4 Å². The number of rotatable bonds is 7. The molecule has 0 saturated heterocycles. The van der Waals surface area contributed by atoms with Crippen molar-refractivity contribution in [1.29, 1.82) is 0 Å². The Kier molecular flexibility index (Phi) is 4.58. The number of thiophene rings is 1. The number of sulfonamides is 1. The van der Waals surface area contributed by atoms with E-state index in [1.807, 2.05) is 29.1 Å². The van der Waals surface area contributed by atoms with Crippen molar-refractivity contribution in [2.75, 3.05) is 6.54 Å².